The number of Topliss-reactive ketones (excluding diaryl/α,β-unsaturated/α-hetero) is 1. The molecule has 0 radical (unpaired) electrons. The Morgan fingerprint density at radius 3 is 3.00 bits per heavy atom. The monoisotopic (exact) mass is 255 g/mol. The number of aromatic nitrogens is 1. The van der Waals surface area contributed by atoms with Crippen molar-refractivity contribution in [2.75, 3.05) is 0 Å². The number of hydrogen-bond acceptors (Lipinski definition) is 2. The van der Waals surface area contributed by atoms with Gasteiger partial charge in [0.05, 0.1) is 0 Å². The minimum absolute atomic E-state index is 0.249. The van der Waals surface area contributed by atoms with E-state index in [1.54, 1.807) is 0 Å². The fourth-order valence-electron chi connectivity index (χ4n) is 1.64. The molecule has 0 bridgehead atoms. The molecule has 1 saturated carbocycles. The normalized spacial score (nSPS) is 22.3. The first kappa shape index (κ1) is 9.88. The Morgan fingerprint density at radius 2 is 2.29 bits per heavy atom. The Morgan fingerprint density at radius 1 is 1.36 bits per heavy atom. The molecular weight excluding hydrogens is 241 g/mol. The molecule has 1 fully saturated rings. The average Bonchev–Trinajstić information content (AvgIpc) is 2.23. The van der Waals surface area contributed by atoms with E-state index < -0.39 is 0 Å². The molecular formula is C11H13NOSe. The second-order valence-electron chi connectivity index (χ2n) is 3.49. The topological polar surface area (TPSA) is 30.0 Å². The van der Waals surface area contributed by atoms with Crippen LogP contribution in [0.4, 0.5) is 0 Å². The molecule has 1 aliphatic carbocycles. The van der Waals surface area contributed by atoms with Gasteiger partial charge in [0.25, 0.3) is 0 Å². The molecule has 0 spiro atoms. The van der Waals surface area contributed by atoms with Gasteiger partial charge in [-0.3, -0.25) is 0 Å². The van der Waals surface area contributed by atoms with E-state index in [-0.39, 0.29) is 15.0 Å². The van der Waals surface area contributed by atoms with Gasteiger partial charge in [-0.25, -0.2) is 0 Å². The van der Waals surface area contributed by atoms with E-state index >= 15 is 0 Å². The van der Waals surface area contributed by atoms with Crippen LogP contribution in [-0.2, 0) is 4.79 Å². The predicted molar refractivity (Wildman–Crippen MR) is 56.9 cm³/mol. The van der Waals surface area contributed by atoms with Crippen molar-refractivity contribution in [2.45, 2.75) is 30.5 Å². The van der Waals surface area contributed by atoms with Gasteiger partial charge in [-0.2, -0.15) is 0 Å². The van der Waals surface area contributed by atoms with Gasteiger partial charge in [0.15, 0.2) is 0 Å². The summed E-state index contributed by atoms with van der Waals surface area (Å²) in [6.07, 6.45) is 5.98. The summed E-state index contributed by atoms with van der Waals surface area (Å²) in [6, 6.07) is 5.95. The molecule has 0 amide bonds. The van der Waals surface area contributed by atoms with Crippen molar-refractivity contribution in [2.24, 2.45) is 0 Å². The van der Waals surface area contributed by atoms with Crippen LogP contribution in [0, 0.1) is 0 Å². The van der Waals surface area contributed by atoms with Crippen LogP contribution < -0.4 is 4.59 Å². The number of rotatable bonds is 2. The molecule has 74 valence electrons. The summed E-state index contributed by atoms with van der Waals surface area (Å²) in [5.74, 6) is 0.460. The molecule has 14 heavy (non-hydrogen) atoms. The summed E-state index contributed by atoms with van der Waals surface area (Å²) in [5, 5.41) is 0. The zero-order valence-electron chi connectivity index (χ0n) is 7.98. The number of hydrogen-bond donors (Lipinski definition) is 0. The quantitative estimate of drug-likeness (QED) is 0.745. The maximum atomic E-state index is 11.6. The summed E-state index contributed by atoms with van der Waals surface area (Å²) in [6.45, 7) is 0. The summed E-state index contributed by atoms with van der Waals surface area (Å²) in [7, 11) is 0. The molecule has 1 aromatic heterocycles. The Labute approximate surface area is 90.3 Å². The van der Waals surface area contributed by atoms with Crippen LogP contribution in [0.1, 0.15) is 25.7 Å². The number of ketones is 1. The molecule has 1 atom stereocenters. The van der Waals surface area contributed by atoms with Crippen molar-refractivity contribution in [3.05, 3.63) is 24.4 Å². The molecule has 3 heteroatoms. The fourth-order valence-corrected chi connectivity index (χ4v) is 3.95. The Kier molecular flexibility index (Phi) is 3.33. The second kappa shape index (κ2) is 4.72. The van der Waals surface area contributed by atoms with Crippen molar-refractivity contribution >= 4 is 25.3 Å². The van der Waals surface area contributed by atoms with E-state index in [0.717, 1.165) is 23.9 Å². The van der Waals surface area contributed by atoms with Gasteiger partial charge in [0, 0.05) is 0 Å². The number of pyridine rings is 1. The molecule has 1 unspecified atom stereocenters. The zero-order valence-corrected chi connectivity index (χ0v) is 9.69. The molecule has 2 rings (SSSR count). The predicted octanol–water partition coefficient (Wildman–Crippen LogP) is 1.34. The summed E-state index contributed by atoms with van der Waals surface area (Å²) >= 11 is 0.249. The number of carbonyl (C=O) groups is 1. The van der Waals surface area contributed by atoms with Gasteiger partial charge in [-0.1, -0.05) is 0 Å². The first-order valence-electron chi connectivity index (χ1n) is 4.96. The molecule has 1 aromatic rings. The third kappa shape index (κ3) is 2.43. The average molecular weight is 254 g/mol. The molecule has 0 aromatic carbocycles. The van der Waals surface area contributed by atoms with Crippen molar-refractivity contribution in [1.29, 1.82) is 0 Å². The third-order valence-corrected chi connectivity index (χ3v) is 5.06. The van der Waals surface area contributed by atoms with Crippen LogP contribution in [-0.4, -0.2) is 25.7 Å². The van der Waals surface area contributed by atoms with E-state index in [1.165, 1.54) is 6.42 Å². The first-order chi connectivity index (χ1) is 6.86. The van der Waals surface area contributed by atoms with E-state index in [1.807, 2.05) is 24.4 Å². The molecule has 1 heterocycles. The summed E-state index contributed by atoms with van der Waals surface area (Å²) in [4.78, 5) is 16.2. The van der Waals surface area contributed by atoms with Crippen molar-refractivity contribution < 1.29 is 4.79 Å². The Bertz CT molecular complexity index is 312. The Balaban J connectivity index is 2.00. The van der Waals surface area contributed by atoms with Crippen molar-refractivity contribution in [3.63, 3.8) is 0 Å². The van der Waals surface area contributed by atoms with Crippen LogP contribution in [0.2, 0.25) is 4.82 Å². The minimum atomic E-state index is 0.249. The SMILES string of the molecule is O=C1CCCCC1[Se]c1ccccn1. The molecule has 0 aliphatic heterocycles. The zero-order chi connectivity index (χ0) is 9.80. The van der Waals surface area contributed by atoms with Crippen LogP contribution in [0.3, 0.4) is 0 Å². The molecule has 1 aliphatic rings. The fraction of sp³-hybridized carbons (Fsp3) is 0.455. The maximum absolute atomic E-state index is 11.6. The molecule has 2 nitrogen and oxygen atoms in total. The summed E-state index contributed by atoms with van der Waals surface area (Å²) < 4.78 is 1.11. The van der Waals surface area contributed by atoms with E-state index in [9.17, 15) is 4.79 Å². The molecule has 0 N–H and O–H groups in total. The van der Waals surface area contributed by atoms with E-state index in [0.29, 0.717) is 10.6 Å². The van der Waals surface area contributed by atoms with Gasteiger partial charge < -0.3 is 0 Å². The second-order valence-corrected chi connectivity index (χ2v) is 6.05. The Hall–Kier alpha value is -0.661. The van der Waals surface area contributed by atoms with Crippen molar-refractivity contribution in [3.8, 4) is 0 Å². The van der Waals surface area contributed by atoms with Crippen molar-refractivity contribution in [1.82, 2.24) is 4.98 Å². The van der Waals surface area contributed by atoms with Gasteiger partial charge >= 0.3 is 90.0 Å². The number of nitrogens with zero attached hydrogens (tertiary/aromatic N) is 1. The van der Waals surface area contributed by atoms with Gasteiger partial charge in [-0.15, -0.1) is 0 Å². The van der Waals surface area contributed by atoms with Crippen LogP contribution in [0.15, 0.2) is 24.4 Å². The van der Waals surface area contributed by atoms with Crippen LogP contribution in [0.25, 0.3) is 0 Å². The van der Waals surface area contributed by atoms with Gasteiger partial charge in [0.2, 0.25) is 0 Å². The van der Waals surface area contributed by atoms with Gasteiger partial charge in [-0.05, 0) is 0 Å². The van der Waals surface area contributed by atoms with E-state index in [4.69, 9.17) is 0 Å². The van der Waals surface area contributed by atoms with Crippen LogP contribution >= 0.6 is 0 Å². The van der Waals surface area contributed by atoms with E-state index in [2.05, 4.69) is 4.98 Å². The standard InChI is InChI=1S/C11H13NOSe/c13-9-5-1-2-6-10(9)14-11-7-3-4-8-12-11/h3-4,7-8,10H,1-2,5-6H2. The molecule has 0 saturated heterocycles. The number of carbonyl (C=O) groups excluding carboxylic acids is 1. The van der Waals surface area contributed by atoms with Crippen LogP contribution in [0.5, 0.6) is 0 Å². The third-order valence-electron chi connectivity index (χ3n) is 2.40. The first-order valence-corrected chi connectivity index (χ1v) is 6.81. The van der Waals surface area contributed by atoms with Gasteiger partial charge in [0.1, 0.15) is 0 Å². The summed E-state index contributed by atoms with van der Waals surface area (Å²) in [5.41, 5.74) is 0.